The van der Waals surface area contributed by atoms with Gasteiger partial charge in [0.2, 0.25) is 0 Å². The normalized spacial score (nSPS) is 16.6. The maximum absolute atomic E-state index is 12.0. The van der Waals surface area contributed by atoms with E-state index in [1.54, 1.807) is 31.4 Å². The predicted octanol–water partition coefficient (Wildman–Crippen LogP) is 1.88. The first-order chi connectivity index (χ1) is 10.0. The number of benzene rings is 1. The molecule has 108 valence electrons. The number of amides is 1. The van der Waals surface area contributed by atoms with Crippen LogP contribution in [0.25, 0.3) is 11.1 Å². The second-order valence-electron chi connectivity index (χ2n) is 5.81. The fraction of sp³-hybridized carbons (Fsp3) is 0.294. The molecule has 4 heteroatoms. The number of aromatic nitrogens is 1. The number of hydrogen-bond acceptors (Lipinski definition) is 3. The fourth-order valence-corrected chi connectivity index (χ4v) is 2.80. The van der Waals surface area contributed by atoms with Gasteiger partial charge in [0.25, 0.3) is 5.91 Å². The van der Waals surface area contributed by atoms with Gasteiger partial charge in [-0.1, -0.05) is 18.2 Å². The molecule has 0 aliphatic heterocycles. The van der Waals surface area contributed by atoms with Crippen LogP contribution >= 0.6 is 0 Å². The van der Waals surface area contributed by atoms with E-state index < -0.39 is 0 Å². The van der Waals surface area contributed by atoms with Crippen LogP contribution in [-0.4, -0.2) is 35.9 Å². The van der Waals surface area contributed by atoms with Gasteiger partial charge in [-0.15, -0.1) is 0 Å². The third-order valence-corrected chi connectivity index (χ3v) is 3.90. The van der Waals surface area contributed by atoms with Gasteiger partial charge in [-0.3, -0.25) is 9.78 Å². The average Bonchev–Trinajstić information content (AvgIpc) is 2.85. The maximum atomic E-state index is 12.0. The van der Waals surface area contributed by atoms with Crippen molar-refractivity contribution in [3.05, 3.63) is 53.3 Å². The zero-order valence-corrected chi connectivity index (χ0v) is 12.3. The van der Waals surface area contributed by atoms with Crippen LogP contribution in [0.2, 0.25) is 0 Å². The monoisotopic (exact) mass is 281 g/mol. The van der Waals surface area contributed by atoms with Crippen LogP contribution in [0.15, 0.2) is 36.7 Å². The lowest BCUT2D eigenvalue weighted by Crippen LogP contribution is -2.21. The first-order valence-corrected chi connectivity index (χ1v) is 7.09. The number of nitrogens with two attached hydrogens (primary N) is 1. The summed E-state index contributed by atoms with van der Waals surface area (Å²) >= 11 is 0. The molecule has 1 aromatic carbocycles. The van der Waals surface area contributed by atoms with Crippen molar-refractivity contribution >= 4 is 5.91 Å². The van der Waals surface area contributed by atoms with Crippen molar-refractivity contribution in [2.75, 3.05) is 14.1 Å². The number of hydrogen-bond donors (Lipinski definition) is 1. The van der Waals surface area contributed by atoms with Gasteiger partial charge in [0.1, 0.15) is 0 Å². The summed E-state index contributed by atoms with van der Waals surface area (Å²) in [6, 6.07) is 8.51. The number of carbonyl (C=O) groups excluding carboxylic acids is 1. The summed E-state index contributed by atoms with van der Waals surface area (Å²) in [4.78, 5) is 17.8. The average molecular weight is 281 g/mol. The molecule has 1 aromatic heterocycles. The second-order valence-corrected chi connectivity index (χ2v) is 5.81. The molecule has 1 aliphatic carbocycles. The number of pyridine rings is 1. The van der Waals surface area contributed by atoms with E-state index in [-0.39, 0.29) is 11.9 Å². The van der Waals surface area contributed by atoms with Crippen LogP contribution < -0.4 is 5.73 Å². The van der Waals surface area contributed by atoms with Gasteiger partial charge in [0, 0.05) is 38.1 Å². The van der Waals surface area contributed by atoms with Crippen molar-refractivity contribution in [2.45, 2.75) is 18.9 Å². The highest BCUT2D eigenvalue weighted by molar-refractivity contribution is 5.94. The molecule has 1 unspecified atom stereocenters. The Balaban J connectivity index is 1.96. The van der Waals surface area contributed by atoms with Crippen LogP contribution in [-0.2, 0) is 12.8 Å². The first-order valence-electron chi connectivity index (χ1n) is 7.09. The molecule has 1 heterocycles. The van der Waals surface area contributed by atoms with Crippen LogP contribution in [0.3, 0.4) is 0 Å². The molecule has 1 amide bonds. The predicted molar refractivity (Wildman–Crippen MR) is 83.1 cm³/mol. The molecule has 0 saturated carbocycles. The Hall–Kier alpha value is -2.20. The minimum absolute atomic E-state index is 0.0347. The van der Waals surface area contributed by atoms with Gasteiger partial charge in [-0.05, 0) is 35.6 Å². The number of carbonyl (C=O) groups is 1. The Morgan fingerprint density at radius 2 is 1.90 bits per heavy atom. The van der Waals surface area contributed by atoms with Gasteiger partial charge < -0.3 is 10.6 Å². The molecule has 1 atom stereocenters. The Bertz CT molecular complexity index is 694. The highest BCUT2D eigenvalue weighted by Crippen LogP contribution is 2.27. The lowest BCUT2D eigenvalue weighted by molar-refractivity contribution is 0.0827. The van der Waals surface area contributed by atoms with Crippen LogP contribution in [0.1, 0.15) is 21.5 Å². The van der Waals surface area contributed by atoms with Crippen molar-refractivity contribution in [1.82, 2.24) is 9.88 Å². The molecule has 0 fully saturated rings. The lowest BCUT2D eigenvalue weighted by atomic mass is 10.0. The Labute approximate surface area is 124 Å². The Morgan fingerprint density at radius 1 is 1.14 bits per heavy atom. The van der Waals surface area contributed by atoms with E-state index in [0.717, 1.165) is 24.0 Å². The molecular formula is C17H19N3O. The molecule has 0 saturated heterocycles. The van der Waals surface area contributed by atoms with Gasteiger partial charge >= 0.3 is 0 Å². The number of rotatable bonds is 2. The molecule has 0 spiro atoms. The summed E-state index contributed by atoms with van der Waals surface area (Å²) in [6.07, 6.45) is 5.28. The number of fused-ring (bicyclic) bond motifs is 1. The van der Waals surface area contributed by atoms with Crippen LogP contribution in [0.4, 0.5) is 0 Å². The molecule has 2 aromatic rings. The molecule has 2 N–H and O–H groups in total. The molecule has 4 nitrogen and oxygen atoms in total. The molecule has 0 radical (unpaired) electrons. The molecule has 3 rings (SSSR count). The summed E-state index contributed by atoms with van der Waals surface area (Å²) in [5.41, 5.74) is 11.3. The zero-order chi connectivity index (χ0) is 15.0. The summed E-state index contributed by atoms with van der Waals surface area (Å²) < 4.78 is 0. The third-order valence-electron chi connectivity index (χ3n) is 3.90. The van der Waals surface area contributed by atoms with Gasteiger partial charge in [-0.2, -0.15) is 0 Å². The fourth-order valence-electron chi connectivity index (χ4n) is 2.80. The van der Waals surface area contributed by atoms with Crippen molar-refractivity contribution in [3.63, 3.8) is 0 Å². The minimum atomic E-state index is -0.0347. The van der Waals surface area contributed by atoms with Gasteiger partial charge in [0.15, 0.2) is 0 Å². The van der Waals surface area contributed by atoms with E-state index in [4.69, 9.17) is 5.73 Å². The summed E-state index contributed by atoms with van der Waals surface area (Å²) in [5.74, 6) is -0.0347. The van der Waals surface area contributed by atoms with Crippen LogP contribution in [0, 0.1) is 0 Å². The molecular weight excluding hydrogens is 262 g/mol. The smallest absolute Gasteiger partial charge is 0.254 e. The quantitative estimate of drug-likeness (QED) is 0.914. The molecule has 21 heavy (non-hydrogen) atoms. The van der Waals surface area contributed by atoms with E-state index >= 15 is 0 Å². The van der Waals surface area contributed by atoms with E-state index in [9.17, 15) is 4.79 Å². The second kappa shape index (κ2) is 5.30. The van der Waals surface area contributed by atoms with Gasteiger partial charge in [-0.25, -0.2) is 0 Å². The van der Waals surface area contributed by atoms with Crippen molar-refractivity contribution in [1.29, 1.82) is 0 Å². The summed E-state index contributed by atoms with van der Waals surface area (Å²) in [7, 11) is 3.48. The summed E-state index contributed by atoms with van der Waals surface area (Å²) in [6.45, 7) is 0. The molecule has 0 bridgehead atoms. The van der Waals surface area contributed by atoms with E-state index in [0.29, 0.717) is 5.56 Å². The van der Waals surface area contributed by atoms with E-state index in [1.807, 2.05) is 6.07 Å². The highest BCUT2D eigenvalue weighted by Gasteiger charge is 2.18. The standard InChI is InChI=1S/C17H19N3O/c1-20(2)17(21)15-6-14(9-19-10-15)11-3-4-12-7-16(18)8-13(12)5-11/h3-6,9-10,16H,7-8,18H2,1-2H3. The highest BCUT2D eigenvalue weighted by atomic mass is 16.2. The SMILES string of the molecule is CN(C)C(=O)c1cncc(-c2ccc3c(c2)CC(N)C3)c1. The Morgan fingerprint density at radius 3 is 2.67 bits per heavy atom. The van der Waals surface area contributed by atoms with E-state index in [2.05, 4.69) is 23.2 Å². The third kappa shape index (κ3) is 2.67. The van der Waals surface area contributed by atoms with Crippen LogP contribution in [0.5, 0.6) is 0 Å². The van der Waals surface area contributed by atoms with Crippen molar-refractivity contribution in [2.24, 2.45) is 5.73 Å². The van der Waals surface area contributed by atoms with E-state index in [1.165, 1.54) is 11.1 Å². The lowest BCUT2D eigenvalue weighted by Gasteiger charge is -2.11. The minimum Gasteiger partial charge on any atom is -0.345 e. The topological polar surface area (TPSA) is 59.2 Å². The maximum Gasteiger partial charge on any atom is 0.254 e. The number of nitrogens with zero attached hydrogens (tertiary/aromatic N) is 2. The zero-order valence-electron chi connectivity index (χ0n) is 12.3. The van der Waals surface area contributed by atoms with Gasteiger partial charge in [0.05, 0.1) is 5.56 Å². The first kappa shape index (κ1) is 13.8. The van der Waals surface area contributed by atoms with Crippen molar-refractivity contribution in [3.8, 4) is 11.1 Å². The summed E-state index contributed by atoms with van der Waals surface area (Å²) in [5, 5.41) is 0. The molecule has 1 aliphatic rings. The Kier molecular flexibility index (Phi) is 3.47. The largest absolute Gasteiger partial charge is 0.345 e. The van der Waals surface area contributed by atoms with Crippen molar-refractivity contribution < 1.29 is 4.79 Å².